The first-order chi connectivity index (χ1) is 8.49. The van der Waals surface area contributed by atoms with Crippen LogP contribution >= 0.6 is 0 Å². The van der Waals surface area contributed by atoms with E-state index in [1.165, 1.54) is 4.31 Å². The van der Waals surface area contributed by atoms with Crippen LogP contribution in [0.25, 0.3) is 0 Å². The highest BCUT2D eigenvalue weighted by Gasteiger charge is 2.27. The number of piperidine rings is 1. The molecule has 0 spiro atoms. The summed E-state index contributed by atoms with van der Waals surface area (Å²) in [5.74, 6) is 0.300. The maximum absolute atomic E-state index is 12.1. The van der Waals surface area contributed by atoms with Crippen LogP contribution < -0.4 is 10.5 Å². The number of likely N-dealkylation sites (N-methyl/N-ethyl adjacent to an activating group) is 1. The van der Waals surface area contributed by atoms with Crippen molar-refractivity contribution in [3.8, 4) is 0 Å². The van der Waals surface area contributed by atoms with Gasteiger partial charge in [-0.15, -0.1) is 0 Å². The second-order valence-corrected chi connectivity index (χ2v) is 6.65. The number of nitrogens with one attached hydrogen (secondary N) is 1. The van der Waals surface area contributed by atoms with Crippen LogP contribution in [0.5, 0.6) is 0 Å². The second-order valence-electron chi connectivity index (χ2n) is 4.90. The van der Waals surface area contributed by atoms with Crippen LogP contribution in [-0.2, 0) is 10.2 Å². The Morgan fingerprint density at radius 3 is 2.83 bits per heavy atom. The highest BCUT2D eigenvalue weighted by atomic mass is 32.2. The minimum atomic E-state index is -3.33. The summed E-state index contributed by atoms with van der Waals surface area (Å²) in [5.41, 5.74) is 5.62. The van der Waals surface area contributed by atoms with Gasteiger partial charge in [-0.3, -0.25) is 0 Å². The molecule has 18 heavy (non-hydrogen) atoms. The standard InChI is InChI=1S/C11H26N4O2S/c1-3-14(2)8-6-13-18(16,17)15-7-4-5-11(9-12)10-15/h11,13H,3-10,12H2,1-2H3. The number of nitrogens with zero attached hydrogens (tertiary/aromatic N) is 2. The van der Waals surface area contributed by atoms with E-state index in [4.69, 9.17) is 5.73 Å². The van der Waals surface area contributed by atoms with Crippen LogP contribution in [0.3, 0.4) is 0 Å². The number of nitrogens with two attached hydrogens (primary N) is 1. The Morgan fingerprint density at radius 2 is 2.22 bits per heavy atom. The highest BCUT2D eigenvalue weighted by molar-refractivity contribution is 7.87. The molecule has 1 aliphatic heterocycles. The van der Waals surface area contributed by atoms with E-state index in [-0.39, 0.29) is 0 Å². The summed E-state index contributed by atoms with van der Waals surface area (Å²) in [6.45, 7) is 5.86. The molecule has 1 heterocycles. The van der Waals surface area contributed by atoms with Crippen LogP contribution in [0, 0.1) is 5.92 Å². The van der Waals surface area contributed by atoms with Crippen LogP contribution in [-0.4, -0.2) is 63.9 Å². The fraction of sp³-hybridized carbons (Fsp3) is 1.00. The van der Waals surface area contributed by atoms with Crippen LogP contribution in [0.2, 0.25) is 0 Å². The SMILES string of the molecule is CCN(C)CCNS(=O)(=O)N1CCCC(CN)C1. The molecule has 0 amide bonds. The predicted octanol–water partition coefficient (Wildman–Crippen LogP) is -0.557. The molecule has 108 valence electrons. The quantitative estimate of drug-likeness (QED) is 0.654. The second kappa shape index (κ2) is 7.40. The van der Waals surface area contributed by atoms with Gasteiger partial charge in [0.1, 0.15) is 0 Å². The van der Waals surface area contributed by atoms with Gasteiger partial charge >= 0.3 is 0 Å². The third kappa shape index (κ3) is 4.81. The Balaban J connectivity index is 2.42. The summed E-state index contributed by atoms with van der Waals surface area (Å²) < 4.78 is 28.3. The van der Waals surface area contributed by atoms with Gasteiger partial charge in [0.05, 0.1) is 0 Å². The zero-order valence-corrected chi connectivity index (χ0v) is 12.2. The van der Waals surface area contributed by atoms with Gasteiger partial charge in [0.2, 0.25) is 0 Å². The Bertz CT molecular complexity index is 334. The van der Waals surface area contributed by atoms with Crippen LogP contribution in [0.4, 0.5) is 0 Å². The molecular weight excluding hydrogens is 252 g/mol. The van der Waals surface area contributed by atoms with E-state index >= 15 is 0 Å². The minimum absolute atomic E-state index is 0.300. The average molecular weight is 278 g/mol. The number of rotatable bonds is 7. The maximum atomic E-state index is 12.1. The molecule has 0 bridgehead atoms. The summed E-state index contributed by atoms with van der Waals surface area (Å²) in [4.78, 5) is 2.07. The first-order valence-corrected chi connectivity index (χ1v) is 8.07. The lowest BCUT2D eigenvalue weighted by molar-refractivity contribution is 0.267. The third-order valence-electron chi connectivity index (χ3n) is 3.47. The van der Waals surface area contributed by atoms with Gasteiger partial charge < -0.3 is 10.6 Å². The highest BCUT2D eigenvalue weighted by Crippen LogP contribution is 2.17. The topological polar surface area (TPSA) is 78.7 Å². The lowest BCUT2D eigenvalue weighted by Gasteiger charge is -2.31. The summed E-state index contributed by atoms with van der Waals surface area (Å²) >= 11 is 0. The fourth-order valence-corrected chi connectivity index (χ4v) is 3.36. The molecular formula is C11H26N4O2S. The van der Waals surface area contributed by atoms with Gasteiger partial charge in [-0.05, 0) is 38.9 Å². The van der Waals surface area contributed by atoms with Crippen molar-refractivity contribution in [3.63, 3.8) is 0 Å². The van der Waals surface area contributed by atoms with E-state index in [2.05, 4.69) is 9.62 Å². The van der Waals surface area contributed by atoms with Crippen molar-refractivity contribution in [1.29, 1.82) is 0 Å². The predicted molar refractivity (Wildman–Crippen MR) is 73.4 cm³/mol. The number of hydrogen-bond acceptors (Lipinski definition) is 4. The molecule has 1 unspecified atom stereocenters. The van der Waals surface area contributed by atoms with E-state index in [0.29, 0.717) is 32.1 Å². The van der Waals surface area contributed by atoms with Crippen molar-refractivity contribution in [2.24, 2.45) is 11.7 Å². The summed E-state index contributed by atoms with van der Waals surface area (Å²) in [7, 11) is -1.36. The lowest BCUT2D eigenvalue weighted by Crippen LogP contribution is -2.48. The van der Waals surface area contributed by atoms with Crippen molar-refractivity contribution >= 4 is 10.2 Å². The molecule has 1 atom stereocenters. The van der Waals surface area contributed by atoms with Crippen molar-refractivity contribution in [3.05, 3.63) is 0 Å². The van der Waals surface area contributed by atoms with E-state index in [9.17, 15) is 8.42 Å². The molecule has 0 aromatic rings. The molecule has 0 aromatic carbocycles. The molecule has 1 saturated heterocycles. The molecule has 6 nitrogen and oxygen atoms in total. The van der Waals surface area contributed by atoms with Gasteiger partial charge in [0.15, 0.2) is 0 Å². The minimum Gasteiger partial charge on any atom is -0.330 e. The summed E-state index contributed by atoms with van der Waals surface area (Å²) in [6, 6.07) is 0. The smallest absolute Gasteiger partial charge is 0.279 e. The molecule has 7 heteroatoms. The van der Waals surface area contributed by atoms with Gasteiger partial charge in [0, 0.05) is 26.2 Å². The molecule has 1 rings (SSSR count). The monoisotopic (exact) mass is 278 g/mol. The molecule has 1 aliphatic rings. The summed E-state index contributed by atoms with van der Waals surface area (Å²) in [6.07, 6.45) is 1.93. The van der Waals surface area contributed by atoms with Gasteiger partial charge in [0.25, 0.3) is 10.2 Å². The zero-order valence-electron chi connectivity index (χ0n) is 11.4. The maximum Gasteiger partial charge on any atom is 0.279 e. The van der Waals surface area contributed by atoms with Gasteiger partial charge in [-0.25, -0.2) is 4.72 Å². The average Bonchev–Trinajstić information content (AvgIpc) is 2.38. The molecule has 1 fully saturated rings. The fourth-order valence-electron chi connectivity index (χ4n) is 2.05. The summed E-state index contributed by atoms with van der Waals surface area (Å²) in [5, 5.41) is 0. The molecule has 0 radical (unpaired) electrons. The molecule has 0 aromatic heterocycles. The molecule has 3 N–H and O–H groups in total. The van der Waals surface area contributed by atoms with E-state index in [1.807, 2.05) is 14.0 Å². The Hall–Kier alpha value is -0.210. The van der Waals surface area contributed by atoms with E-state index in [0.717, 1.165) is 25.9 Å². The Kier molecular flexibility index (Phi) is 6.51. The largest absolute Gasteiger partial charge is 0.330 e. The van der Waals surface area contributed by atoms with Crippen molar-refractivity contribution in [2.45, 2.75) is 19.8 Å². The third-order valence-corrected chi connectivity index (χ3v) is 5.05. The van der Waals surface area contributed by atoms with E-state index < -0.39 is 10.2 Å². The molecule has 0 aliphatic carbocycles. The van der Waals surface area contributed by atoms with Crippen molar-refractivity contribution in [2.75, 3.05) is 46.3 Å². The van der Waals surface area contributed by atoms with Crippen molar-refractivity contribution in [1.82, 2.24) is 13.9 Å². The molecule has 0 saturated carbocycles. The van der Waals surface area contributed by atoms with Gasteiger partial charge in [-0.2, -0.15) is 12.7 Å². The first-order valence-electron chi connectivity index (χ1n) is 6.63. The Morgan fingerprint density at radius 1 is 1.50 bits per heavy atom. The first kappa shape index (κ1) is 15.8. The Labute approximate surface area is 111 Å². The normalized spacial score (nSPS) is 22.6. The van der Waals surface area contributed by atoms with Crippen molar-refractivity contribution < 1.29 is 8.42 Å². The van der Waals surface area contributed by atoms with Crippen LogP contribution in [0.15, 0.2) is 0 Å². The van der Waals surface area contributed by atoms with Crippen LogP contribution in [0.1, 0.15) is 19.8 Å². The number of hydrogen-bond donors (Lipinski definition) is 2. The zero-order chi connectivity index (χ0) is 13.6. The van der Waals surface area contributed by atoms with Gasteiger partial charge in [-0.1, -0.05) is 6.92 Å². The van der Waals surface area contributed by atoms with E-state index in [1.54, 1.807) is 0 Å². The lowest BCUT2D eigenvalue weighted by atomic mass is 10.0.